The first-order chi connectivity index (χ1) is 29.4. The molecular weight excluding hydrogens is 745 g/mol. The van der Waals surface area contributed by atoms with Crippen LogP contribution in [0.4, 0.5) is 0 Å². The Morgan fingerprint density at radius 3 is 1.47 bits per heavy atom. The quantitative estimate of drug-likeness (QED) is 0.0319. The Kier molecular flexibility index (Phi) is 44.4. The summed E-state index contributed by atoms with van der Waals surface area (Å²) in [6, 6.07) is -0.868. The standard InChI is InChI=1S/C53H92N2O5/c1-3-5-7-9-11-13-15-17-18-19-20-21-22-23-24-26-28-30-32-37-41-47-52(57)60-49(43-38-34-31-29-27-25-16-14-12-10-8-6-4-2)44-39-35-33-36-40-46-51(56)55-50(53(58)59)45-42-48-54/h6,8,12,14-15,17,19-20,25,27,31,34,49-50H,3-5,7,9-11,13,16,18,21-24,26,28-30,32-33,35-48,54H2,1-2H3,(H,55,56)(H,58,59)/b8-6-,14-12-,17-15-,20-19-,27-25-,34-31-. The molecule has 2 unspecified atom stereocenters. The third-order valence-corrected chi connectivity index (χ3v) is 10.8. The van der Waals surface area contributed by atoms with Crippen molar-refractivity contribution in [1.29, 1.82) is 0 Å². The number of carboxylic acids is 1. The Bertz CT molecular complexity index is 1170. The van der Waals surface area contributed by atoms with Crippen molar-refractivity contribution in [2.45, 2.75) is 238 Å². The van der Waals surface area contributed by atoms with E-state index in [4.69, 9.17) is 10.5 Å². The topological polar surface area (TPSA) is 119 Å². The minimum atomic E-state index is -1.01. The number of aliphatic carboxylic acids is 1. The Morgan fingerprint density at radius 2 is 0.950 bits per heavy atom. The zero-order chi connectivity index (χ0) is 43.8. The number of unbranched alkanes of at least 4 members (excludes halogenated alkanes) is 18. The lowest BCUT2D eigenvalue weighted by atomic mass is 10.0. The van der Waals surface area contributed by atoms with E-state index in [1.807, 2.05) is 0 Å². The molecule has 0 aliphatic heterocycles. The van der Waals surface area contributed by atoms with Gasteiger partial charge >= 0.3 is 11.9 Å². The number of rotatable bonds is 44. The molecule has 0 rings (SSSR count). The SMILES string of the molecule is CC/C=C\C/C=C\C/C=C\C/C=C\CCC(CCCCCCCC(=O)NC(CCCN)C(=O)O)OC(=O)CCCCCCCCCCC/C=C\C/C=C\CCCCCCC. The largest absolute Gasteiger partial charge is 0.480 e. The van der Waals surface area contributed by atoms with Crippen molar-refractivity contribution in [2.75, 3.05) is 6.54 Å². The number of nitrogens with one attached hydrogen (secondary N) is 1. The summed E-state index contributed by atoms with van der Waals surface area (Å²) in [4.78, 5) is 36.5. The number of hydrogen-bond acceptors (Lipinski definition) is 5. The molecule has 0 saturated carbocycles. The number of hydrogen-bond donors (Lipinski definition) is 3. The molecule has 2 atom stereocenters. The van der Waals surface area contributed by atoms with Gasteiger partial charge in [-0.15, -0.1) is 0 Å². The zero-order valence-electron chi connectivity index (χ0n) is 38.8. The summed E-state index contributed by atoms with van der Waals surface area (Å²) < 4.78 is 6.03. The lowest BCUT2D eigenvalue weighted by Gasteiger charge is -2.17. The van der Waals surface area contributed by atoms with Gasteiger partial charge in [0.15, 0.2) is 0 Å². The molecule has 0 spiro atoms. The fourth-order valence-corrected chi connectivity index (χ4v) is 7.06. The van der Waals surface area contributed by atoms with Crippen LogP contribution in [0.2, 0.25) is 0 Å². The Balaban J connectivity index is 4.34. The maximum Gasteiger partial charge on any atom is 0.326 e. The fourth-order valence-electron chi connectivity index (χ4n) is 7.06. The molecule has 0 aromatic carbocycles. The average Bonchev–Trinajstić information content (AvgIpc) is 3.23. The van der Waals surface area contributed by atoms with Crippen LogP contribution in [0.25, 0.3) is 0 Å². The van der Waals surface area contributed by atoms with Crippen molar-refractivity contribution in [1.82, 2.24) is 5.32 Å². The molecule has 0 saturated heterocycles. The summed E-state index contributed by atoms with van der Waals surface area (Å²) in [5.74, 6) is -1.29. The van der Waals surface area contributed by atoms with Crippen LogP contribution in [-0.4, -0.2) is 41.6 Å². The van der Waals surface area contributed by atoms with E-state index in [-0.39, 0.29) is 18.0 Å². The molecule has 7 nitrogen and oxygen atoms in total. The van der Waals surface area contributed by atoms with Gasteiger partial charge in [0.25, 0.3) is 0 Å². The average molecular weight is 837 g/mol. The first-order valence-electron chi connectivity index (χ1n) is 24.8. The summed E-state index contributed by atoms with van der Waals surface area (Å²) >= 11 is 0. The van der Waals surface area contributed by atoms with Gasteiger partial charge in [-0.25, -0.2) is 4.79 Å². The number of nitrogens with two attached hydrogens (primary N) is 1. The highest BCUT2D eigenvalue weighted by molar-refractivity contribution is 5.83. The van der Waals surface area contributed by atoms with Gasteiger partial charge in [0.2, 0.25) is 5.91 Å². The van der Waals surface area contributed by atoms with Crippen LogP contribution < -0.4 is 11.1 Å². The van der Waals surface area contributed by atoms with Crippen LogP contribution in [-0.2, 0) is 19.1 Å². The Labute approximate surface area is 369 Å². The number of carboxylic acid groups (broad SMARTS) is 1. The van der Waals surface area contributed by atoms with Crippen LogP contribution in [0.3, 0.4) is 0 Å². The van der Waals surface area contributed by atoms with Crippen molar-refractivity contribution in [2.24, 2.45) is 5.73 Å². The highest BCUT2D eigenvalue weighted by Crippen LogP contribution is 2.17. The van der Waals surface area contributed by atoms with Gasteiger partial charge in [-0.2, -0.15) is 0 Å². The molecule has 344 valence electrons. The Hall–Kier alpha value is -3.19. The van der Waals surface area contributed by atoms with Crippen molar-refractivity contribution in [3.63, 3.8) is 0 Å². The van der Waals surface area contributed by atoms with Crippen molar-refractivity contribution in [3.8, 4) is 0 Å². The number of ether oxygens (including phenoxy) is 1. The summed E-state index contributed by atoms with van der Waals surface area (Å²) in [6.45, 7) is 4.82. The van der Waals surface area contributed by atoms with Crippen LogP contribution in [0.1, 0.15) is 226 Å². The van der Waals surface area contributed by atoms with Gasteiger partial charge in [-0.3, -0.25) is 9.59 Å². The van der Waals surface area contributed by atoms with E-state index in [0.717, 1.165) is 96.3 Å². The number of carbonyl (C=O) groups is 3. The smallest absolute Gasteiger partial charge is 0.326 e. The van der Waals surface area contributed by atoms with E-state index in [9.17, 15) is 19.5 Å². The van der Waals surface area contributed by atoms with Gasteiger partial charge in [0.1, 0.15) is 12.1 Å². The number of esters is 1. The van der Waals surface area contributed by atoms with Gasteiger partial charge in [-0.1, -0.05) is 177 Å². The summed E-state index contributed by atoms with van der Waals surface area (Å²) in [5.41, 5.74) is 5.49. The molecule has 0 bridgehead atoms. The van der Waals surface area contributed by atoms with Crippen molar-refractivity contribution in [3.05, 3.63) is 72.9 Å². The van der Waals surface area contributed by atoms with E-state index in [1.165, 1.54) is 89.9 Å². The summed E-state index contributed by atoms with van der Waals surface area (Å²) in [5, 5.41) is 12.0. The normalized spacial score (nSPS) is 13.2. The second-order valence-corrected chi connectivity index (χ2v) is 16.5. The lowest BCUT2D eigenvalue weighted by Crippen LogP contribution is -2.40. The van der Waals surface area contributed by atoms with Crippen LogP contribution >= 0.6 is 0 Å². The maximum atomic E-state index is 12.9. The van der Waals surface area contributed by atoms with Gasteiger partial charge in [-0.05, 0) is 116 Å². The van der Waals surface area contributed by atoms with E-state index in [0.29, 0.717) is 32.2 Å². The molecule has 0 radical (unpaired) electrons. The van der Waals surface area contributed by atoms with Gasteiger partial charge < -0.3 is 20.9 Å². The molecule has 0 fully saturated rings. The number of amides is 1. The molecule has 0 aliphatic carbocycles. The highest BCUT2D eigenvalue weighted by Gasteiger charge is 2.19. The first-order valence-corrected chi connectivity index (χ1v) is 24.8. The fraction of sp³-hybridized carbons (Fsp3) is 0.717. The van der Waals surface area contributed by atoms with Crippen LogP contribution in [0.5, 0.6) is 0 Å². The summed E-state index contributed by atoms with van der Waals surface area (Å²) in [7, 11) is 0. The predicted octanol–water partition coefficient (Wildman–Crippen LogP) is 14.7. The number of allylic oxidation sites excluding steroid dienone is 12. The summed E-state index contributed by atoms with van der Waals surface area (Å²) in [6.07, 6.45) is 61.0. The molecule has 0 heterocycles. The number of carbonyl (C=O) groups excluding carboxylic acids is 2. The predicted molar refractivity (Wildman–Crippen MR) is 257 cm³/mol. The van der Waals surface area contributed by atoms with Gasteiger partial charge in [0, 0.05) is 12.8 Å². The molecule has 60 heavy (non-hydrogen) atoms. The molecule has 0 aromatic heterocycles. The minimum Gasteiger partial charge on any atom is -0.480 e. The molecule has 0 aliphatic rings. The Morgan fingerprint density at radius 1 is 0.500 bits per heavy atom. The van der Waals surface area contributed by atoms with E-state index in [2.05, 4.69) is 92.1 Å². The second-order valence-electron chi connectivity index (χ2n) is 16.5. The minimum absolute atomic E-state index is 0.0647. The van der Waals surface area contributed by atoms with Crippen molar-refractivity contribution >= 4 is 17.8 Å². The molecule has 1 amide bonds. The molecule has 0 aromatic rings. The second kappa shape index (κ2) is 46.9. The highest BCUT2D eigenvalue weighted by atomic mass is 16.5. The van der Waals surface area contributed by atoms with Crippen LogP contribution in [0, 0.1) is 0 Å². The van der Waals surface area contributed by atoms with E-state index >= 15 is 0 Å². The molecule has 7 heteroatoms. The van der Waals surface area contributed by atoms with Crippen molar-refractivity contribution < 1.29 is 24.2 Å². The van der Waals surface area contributed by atoms with E-state index < -0.39 is 12.0 Å². The monoisotopic (exact) mass is 837 g/mol. The van der Waals surface area contributed by atoms with Gasteiger partial charge in [0.05, 0.1) is 0 Å². The molecular formula is C53H92N2O5. The third kappa shape index (κ3) is 42.9. The maximum absolute atomic E-state index is 12.9. The van der Waals surface area contributed by atoms with Crippen LogP contribution in [0.15, 0.2) is 72.9 Å². The zero-order valence-corrected chi connectivity index (χ0v) is 38.8. The first kappa shape index (κ1) is 56.8. The van der Waals surface area contributed by atoms with E-state index in [1.54, 1.807) is 0 Å². The lowest BCUT2D eigenvalue weighted by molar-refractivity contribution is -0.150. The third-order valence-electron chi connectivity index (χ3n) is 10.8. The molecule has 4 N–H and O–H groups in total.